The Labute approximate surface area is 145 Å². The standard InChI is InChI=1S/C19H21F2N3O/c1-5-7-8-14(6-2)16-10-9-15(13(4)25)19(22-16)24-12(3)11-17(23-24)18(20)21/h5-11,13,18,25H,2H2,1,3-4H3/b7-5-,14-8-/t13-/m1/s1. The Hall–Kier alpha value is -2.60. The maximum absolute atomic E-state index is 13.0. The minimum absolute atomic E-state index is 0.324. The highest BCUT2D eigenvalue weighted by Gasteiger charge is 2.19. The smallest absolute Gasteiger partial charge is 0.282 e. The zero-order valence-corrected chi connectivity index (χ0v) is 14.4. The fourth-order valence-electron chi connectivity index (χ4n) is 2.39. The van der Waals surface area contributed by atoms with Gasteiger partial charge in [-0.1, -0.05) is 36.9 Å². The van der Waals surface area contributed by atoms with Crippen molar-refractivity contribution in [3.8, 4) is 5.82 Å². The van der Waals surface area contributed by atoms with Gasteiger partial charge in [0.25, 0.3) is 6.43 Å². The molecule has 0 unspecified atom stereocenters. The number of hydrogen-bond acceptors (Lipinski definition) is 3. The molecule has 6 heteroatoms. The highest BCUT2D eigenvalue weighted by molar-refractivity contribution is 5.73. The normalized spacial score (nSPS) is 13.6. The van der Waals surface area contributed by atoms with Crippen molar-refractivity contribution in [1.82, 2.24) is 14.8 Å². The lowest BCUT2D eigenvalue weighted by molar-refractivity contribution is 0.145. The van der Waals surface area contributed by atoms with Gasteiger partial charge in [-0.3, -0.25) is 0 Å². The van der Waals surface area contributed by atoms with Crippen LogP contribution in [-0.2, 0) is 0 Å². The van der Waals surface area contributed by atoms with E-state index in [9.17, 15) is 13.9 Å². The van der Waals surface area contributed by atoms with Gasteiger partial charge in [-0.25, -0.2) is 18.4 Å². The first-order chi connectivity index (χ1) is 11.9. The molecule has 0 aromatic carbocycles. The van der Waals surface area contributed by atoms with Crippen LogP contribution in [0, 0.1) is 6.92 Å². The van der Waals surface area contributed by atoms with E-state index in [0.29, 0.717) is 22.8 Å². The molecule has 0 aliphatic carbocycles. The van der Waals surface area contributed by atoms with Crippen LogP contribution < -0.4 is 0 Å². The van der Waals surface area contributed by atoms with Crippen molar-refractivity contribution in [2.45, 2.75) is 33.3 Å². The fourth-order valence-corrected chi connectivity index (χ4v) is 2.39. The van der Waals surface area contributed by atoms with Gasteiger partial charge in [0.1, 0.15) is 5.69 Å². The highest BCUT2D eigenvalue weighted by atomic mass is 19.3. The number of aliphatic hydroxyl groups excluding tert-OH is 1. The molecule has 1 atom stereocenters. The summed E-state index contributed by atoms with van der Waals surface area (Å²) in [6, 6.07) is 4.79. The Morgan fingerprint density at radius 1 is 1.36 bits per heavy atom. The molecule has 0 aliphatic heterocycles. The number of aliphatic hydroxyl groups is 1. The molecule has 4 nitrogen and oxygen atoms in total. The number of aromatic nitrogens is 3. The SMILES string of the molecule is C=C/C(=C/C=C\C)c1ccc([C@@H](C)O)c(-n2nc(C(F)F)cc2C)n1. The predicted molar refractivity (Wildman–Crippen MR) is 94.7 cm³/mol. The molecule has 2 aromatic heterocycles. The van der Waals surface area contributed by atoms with Crippen LogP contribution in [0.15, 0.2) is 49.1 Å². The van der Waals surface area contributed by atoms with Gasteiger partial charge in [-0.15, -0.1) is 0 Å². The zero-order chi connectivity index (χ0) is 18.6. The summed E-state index contributed by atoms with van der Waals surface area (Å²) < 4.78 is 27.3. The van der Waals surface area contributed by atoms with Gasteiger partial charge in [0.05, 0.1) is 11.8 Å². The molecule has 0 spiro atoms. The van der Waals surface area contributed by atoms with Crippen LogP contribution >= 0.6 is 0 Å². The Kier molecular flexibility index (Phi) is 5.98. The predicted octanol–water partition coefficient (Wildman–Crippen LogP) is 4.71. The molecule has 0 saturated carbocycles. The minimum atomic E-state index is -2.67. The van der Waals surface area contributed by atoms with Crippen molar-refractivity contribution in [3.05, 3.63) is 71.7 Å². The van der Waals surface area contributed by atoms with Gasteiger partial charge in [0.15, 0.2) is 5.82 Å². The molecule has 0 amide bonds. The molecule has 0 aliphatic rings. The van der Waals surface area contributed by atoms with Crippen LogP contribution in [-0.4, -0.2) is 19.9 Å². The van der Waals surface area contributed by atoms with E-state index in [1.165, 1.54) is 10.7 Å². The van der Waals surface area contributed by atoms with Crippen molar-refractivity contribution in [1.29, 1.82) is 0 Å². The van der Waals surface area contributed by atoms with E-state index in [-0.39, 0.29) is 5.69 Å². The molecular formula is C19H21F2N3O. The summed E-state index contributed by atoms with van der Waals surface area (Å²) in [5.41, 5.74) is 2.08. The van der Waals surface area contributed by atoms with Gasteiger partial charge in [0, 0.05) is 11.3 Å². The quantitative estimate of drug-likeness (QED) is 0.771. The van der Waals surface area contributed by atoms with E-state index in [0.717, 1.165) is 5.57 Å². The molecular weight excluding hydrogens is 324 g/mol. The van der Waals surface area contributed by atoms with E-state index in [2.05, 4.69) is 16.7 Å². The van der Waals surface area contributed by atoms with E-state index < -0.39 is 12.5 Å². The van der Waals surface area contributed by atoms with Crippen LogP contribution in [0.25, 0.3) is 11.4 Å². The van der Waals surface area contributed by atoms with Crippen LogP contribution in [0.1, 0.15) is 49.0 Å². The zero-order valence-electron chi connectivity index (χ0n) is 14.4. The lowest BCUT2D eigenvalue weighted by atomic mass is 10.1. The number of aryl methyl sites for hydroxylation is 1. The Bertz CT molecular complexity index is 820. The molecule has 2 heterocycles. The minimum Gasteiger partial charge on any atom is -0.389 e. The third kappa shape index (κ3) is 4.09. The maximum atomic E-state index is 13.0. The summed E-state index contributed by atoms with van der Waals surface area (Å²) in [5, 5.41) is 14.0. The van der Waals surface area contributed by atoms with E-state index >= 15 is 0 Å². The third-order valence-electron chi connectivity index (χ3n) is 3.67. The van der Waals surface area contributed by atoms with Gasteiger partial charge in [0.2, 0.25) is 0 Å². The van der Waals surface area contributed by atoms with Gasteiger partial charge in [-0.2, -0.15) is 5.10 Å². The first kappa shape index (κ1) is 18.7. The van der Waals surface area contributed by atoms with Crippen molar-refractivity contribution < 1.29 is 13.9 Å². The Morgan fingerprint density at radius 3 is 2.60 bits per heavy atom. The average Bonchev–Trinajstić information content (AvgIpc) is 2.97. The number of allylic oxidation sites excluding steroid dienone is 5. The Balaban J connectivity index is 2.66. The molecule has 0 fully saturated rings. The molecule has 0 bridgehead atoms. The number of alkyl halides is 2. The molecule has 0 saturated heterocycles. The fraction of sp³-hybridized carbons (Fsp3) is 0.263. The monoisotopic (exact) mass is 345 g/mol. The van der Waals surface area contributed by atoms with Gasteiger partial charge in [-0.05, 0) is 38.5 Å². The summed E-state index contributed by atoms with van der Waals surface area (Å²) >= 11 is 0. The largest absolute Gasteiger partial charge is 0.389 e. The third-order valence-corrected chi connectivity index (χ3v) is 3.67. The van der Waals surface area contributed by atoms with Crippen LogP contribution in [0.2, 0.25) is 0 Å². The number of pyridine rings is 1. The first-order valence-corrected chi connectivity index (χ1v) is 7.89. The van der Waals surface area contributed by atoms with Crippen molar-refractivity contribution in [3.63, 3.8) is 0 Å². The molecule has 132 valence electrons. The molecule has 0 radical (unpaired) electrons. The van der Waals surface area contributed by atoms with Crippen LogP contribution in [0.4, 0.5) is 8.78 Å². The van der Waals surface area contributed by atoms with Crippen molar-refractivity contribution in [2.24, 2.45) is 0 Å². The molecule has 2 rings (SSSR count). The number of nitrogens with zero attached hydrogens (tertiary/aromatic N) is 3. The van der Waals surface area contributed by atoms with Gasteiger partial charge < -0.3 is 5.11 Å². The van der Waals surface area contributed by atoms with E-state index in [1.54, 1.807) is 32.1 Å². The second-order valence-electron chi connectivity index (χ2n) is 5.56. The summed E-state index contributed by atoms with van der Waals surface area (Å²) in [4.78, 5) is 4.54. The van der Waals surface area contributed by atoms with Crippen molar-refractivity contribution in [2.75, 3.05) is 0 Å². The summed E-state index contributed by atoms with van der Waals surface area (Å²) in [7, 11) is 0. The topological polar surface area (TPSA) is 50.9 Å². The Morgan fingerprint density at radius 2 is 2.08 bits per heavy atom. The molecule has 1 N–H and O–H groups in total. The van der Waals surface area contributed by atoms with E-state index in [4.69, 9.17) is 0 Å². The van der Waals surface area contributed by atoms with Crippen LogP contribution in [0.5, 0.6) is 0 Å². The summed E-state index contributed by atoms with van der Waals surface area (Å²) in [6.45, 7) is 8.94. The summed E-state index contributed by atoms with van der Waals surface area (Å²) in [5.74, 6) is 0.324. The second-order valence-corrected chi connectivity index (χ2v) is 5.56. The molecule has 25 heavy (non-hydrogen) atoms. The first-order valence-electron chi connectivity index (χ1n) is 7.89. The van der Waals surface area contributed by atoms with Crippen LogP contribution in [0.3, 0.4) is 0 Å². The van der Waals surface area contributed by atoms with E-state index in [1.807, 2.05) is 25.2 Å². The van der Waals surface area contributed by atoms with Gasteiger partial charge >= 0.3 is 0 Å². The highest BCUT2D eigenvalue weighted by Crippen LogP contribution is 2.26. The van der Waals surface area contributed by atoms with Crippen molar-refractivity contribution >= 4 is 5.57 Å². The number of halogens is 2. The molecule has 2 aromatic rings. The number of hydrogen-bond donors (Lipinski definition) is 1. The second kappa shape index (κ2) is 7.98. The number of rotatable bonds is 6. The summed E-state index contributed by atoms with van der Waals surface area (Å²) in [6.07, 6.45) is 3.75. The lowest BCUT2D eigenvalue weighted by Crippen LogP contribution is -2.10. The average molecular weight is 345 g/mol. The maximum Gasteiger partial charge on any atom is 0.282 e. The lowest BCUT2D eigenvalue weighted by Gasteiger charge is -2.14.